The molecule has 1 N–H and O–H groups in total. The maximum atomic E-state index is 9.04. The number of phenols is 1. The van der Waals surface area contributed by atoms with Gasteiger partial charge in [0.2, 0.25) is 0 Å². The van der Waals surface area contributed by atoms with Crippen LogP contribution in [0.4, 0.5) is 5.69 Å². The van der Waals surface area contributed by atoms with E-state index in [9.17, 15) is 0 Å². The molecule has 0 bridgehead atoms. The number of rotatable bonds is 1. The average molecular weight is 228 g/mol. The van der Waals surface area contributed by atoms with Gasteiger partial charge < -0.3 is 10.0 Å². The zero-order chi connectivity index (χ0) is 7.56. The Morgan fingerprint density at radius 3 is 2.27 bits per heavy atom. The van der Waals surface area contributed by atoms with Crippen LogP contribution in [0.25, 0.3) is 0 Å². The molecule has 0 saturated carbocycles. The van der Waals surface area contributed by atoms with Crippen LogP contribution in [0.5, 0.6) is 5.75 Å². The summed E-state index contributed by atoms with van der Waals surface area (Å²) in [6.07, 6.45) is 0. The fourth-order valence-corrected chi connectivity index (χ4v) is 0.771. The van der Waals surface area contributed by atoms with E-state index < -0.39 is 0 Å². The summed E-state index contributed by atoms with van der Waals surface area (Å²) in [5.74, 6) is 0.311. The second-order valence-electron chi connectivity index (χ2n) is 2.41. The van der Waals surface area contributed by atoms with Gasteiger partial charge in [-0.3, -0.25) is 0 Å². The minimum absolute atomic E-state index is 0. The molecule has 0 aliphatic rings. The smallest absolute Gasteiger partial charge is 0.117 e. The molecule has 2 nitrogen and oxygen atoms in total. The summed E-state index contributed by atoms with van der Waals surface area (Å²) in [4.78, 5) is 1.94. The van der Waals surface area contributed by atoms with Crippen LogP contribution in [0.15, 0.2) is 24.3 Å². The Morgan fingerprint density at radius 1 is 1.27 bits per heavy atom. The Labute approximate surface area is 86.0 Å². The van der Waals surface area contributed by atoms with E-state index in [1.54, 1.807) is 12.1 Å². The molecule has 3 heteroatoms. The van der Waals surface area contributed by atoms with Crippen molar-refractivity contribution in [1.29, 1.82) is 0 Å². The van der Waals surface area contributed by atoms with E-state index in [1.165, 1.54) is 0 Å². The van der Waals surface area contributed by atoms with E-state index in [0.29, 0.717) is 5.75 Å². The summed E-state index contributed by atoms with van der Waals surface area (Å²) in [7, 11) is 3.88. The molecule has 0 heterocycles. The van der Waals surface area contributed by atoms with Crippen LogP contribution in [-0.4, -0.2) is 19.2 Å². The Kier molecular flexibility index (Phi) is 4.43. The van der Waals surface area contributed by atoms with Gasteiger partial charge in [-0.05, 0) is 12.1 Å². The van der Waals surface area contributed by atoms with Crippen molar-refractivity contribution in [2.75, 3.05) is 19.0 Å². The number of benzene rings is 1. The van der Waals surface area contributed by atoms with Gasteiger partial charge in [0.15, 0.2) is 0 Å². The Morgan fingerprint density at radius 2 is 1.91 bits per heavy atom. The number of phenolic OH excluding ortho intramolecular Hbond substituents is 1. The first-order valence-electron chi connectivity index (χ1n) is 3.16. The third-order valence-electron chi connectivity index (χ3n) is 1.35. The standard InChI is InChI=1S/C8H11NO.Zr/c1-9(2)7-4-3-5-8(10)6-7;/h3-6,10H,1-2H3;. The van der Waals surface area contributed by atoms with Gasteiger partial charge in [0.25, 0.3) is 0 Å². The maximum absolute atomic E-state index is 9.04. The van der Waals surface area contributed by atoms with Gasteiger partial charge in [0, 0.05) is 52.1 Å². The SMILES string of the molecule is CN(C)c1cccc(O)c1.[Zr]. The molecule has 11 heavy (non-hydrogen) atoms. The fraction of sp³-hybridized carbons (Fsp3) is 0.250. The first-order valence-corrected chi connectivity index (χ1v) is 3.16. The first-order chi connectivity index (χ1) is 4.70. The third-order valence-corrected chi connectivity index (χ3v) is 1.35. The zero-order valence-electron chi connectivity index (χ0n) is 6.70. The van der Waals surface area contributed by atoms with Gasteiger partial charge in [0.05, 0.1) is 0 Å². The Hall–Kier alpha value is -0.297. The van der Waals surface area contributed by atoms with E-state index in [4.69, 9.17) is 5.11 Å². The summed E-state index contributed by atoms with van der Waals surface area (Å²) in [6.45, 7) is 0. The minimum atomic E-state index is 0. The third kappa shape index (κ3) is 3.07. The molecule has 0 unspecified atom stereocenters. The number of nitrogens with zero attached hydrogens (tertiary/aromatic N) is 1. The van der Waals surface area contributed by atoms with Crippen molar-refractivity contribution >= 4 is 5.69 Å². The summed E-state index contributed by atoms with van der Waals surface area (Å²) in [6, 6.07) is 7.15. The summed E-state index contributed by atoms with van der Waals surface area (Å²) < 4.78 is 0. The quantitative estimate of drug-likeness (QED) is 0.786. The van der Waals surface area contributed by atoms with Crippen LogP contribution in [0.1, 0.15) is 0 Å². The first kappa shape index (κ1) is 10.7. The van der Waals surface area contributed by atoms with Gasteiger partial charge in [-0.2, -0.15) is 0 Å². The molecule has 0 radical (unpaired) electrons. The van der Waals surface area contributed by atoms with E-state index in [1.807, 2.05) is 31.1 Å². The van der Waals surface area contributed by atoms with E-state index in [0.717, 1.165) is 5.69 Å². The molecule has 0 aliphatic carbocycles. The topological polar surface area (TPSA) is 23.5 Å². The van der Waals surface area contributed by atoms with Crippen molar-refractivity contribution < 1.29 is 31.3 Å². The van der Waals surface area contributed by atoms with Crippen molar-refractivity contribution in [3.8, 4) is 5.75 Å². The predicted molar refractivity (Wildman–Crippen MR) is 42.4 cm³/mol. The van der Waals surface area contributed by atoms with Crippen LogP contribution < -0.4 is 4.90 Å². The second kappa shape index (κ2) is 4.55. The minimum Gasteiger partial charge on any atom is -0.508 e. The molecular formula is C8H11NOZr. The summed E-state index contributed by atoms with van der Waals surface area (Å²) in [5.41, 5.74) is 1.01. The second-order valence-corrected chi connectivity index (χ2v) is 2.41. The number of aromatic hydroxyl groups is 1. The largest absolute Gasteiger partial charge is 0.508 e. The normalized spacial score (nSPS) is 8.55. The van der Waals surface area contributed by atoms with Crippen LogP contribution in [0, 0.1) is 0 Å². The Bertz CT molecular complexity index is 225. The van der Waals surface area contributed by atoms with Gasteiger partial charge in [-0.25, -0.2) is 0 Å². The summed E-state index contributed by atoms with van der Waals surface area (Å²) in [5, 5.41) is 9.04. The number of anilines is 1. The molecule has 1 aromatic rings. The molecule has 0 fully saturated rings. The van der Waals surface area contributed by atoms with E-state index in [2.05, 4.69) is 0 Å². The van der Waals surface area contributed by atoms with Crippen molar-refractivity contribution in [1.82, 2.24) is 0 Å². The molecular weight excluding hydrogens is 217 g/mol. The average Bonchev–Trinajstić information content (AvgIpc) is 1.88. The molecule has 0 aromatic heterocycles. The molecule has 58 valence electrons. The van der Waals surface area contributed by atoms with Gasteiger partial charge in [-0.1, -0.05) is 6.07 Å². The zero-order valence-corrected chi connectivity index (χ0v) is 9.16. The molecule has 0 spiro atoms. The molecule has 0 atom stereocenters. The molecule has 1 aromatic carbocycles. The van der Waals surface area contributed by atoms with Crippen LogP contribution in [-0.2, 0) is 26.2 Å². The van der Waals surface area contributed by atoms with Gasteiger partial charge in [0.1, 0.15) is 5.75 Å². The summed E-state index contributed by atoms with van der Waals surface area (Å²) >= 11 is 0. The van der Waals surface area contributed by atoms with Crippen molar-refractivity contribution in [3.63, 3.8) is 0 Å². The predicted octanol–water partition coefficient (Wildman–Crippen LogP) is 1.46. The fourth-order valence-electron chi connectivity index (χ4n) is 0.771. The molecule has 0 saturated heterocycles. The number of hydrogen-bond acceptors (Lipinski definition) is 2. The van der Waals surface area contributed by atoms with Crippen molar-refractivity contribution in [2.45, 2.75) is 0 Å². The van der Waals surface area contributed by atoms with E-state index in [-0.39, 0.29) is 26.2 Å². The molecule has 0 amide bonds. The van der Waals surface area contributed by atoms with Crippen molar-refractivity contribution in [2.24, 2.45) is 0 Å². The molecule has 0 aliphatic heterocycles. The van der Waals surface area contributed by atoms with Crippen LogP contribution in [0.2, 0.25) is 0 Å². The Balaban J connectivity index is 0.000001000. The van der Waals surface area contributed by atoms with E-state index >= 15 is 0 Å². The van der Waals surface area contributed by atoms with Crippen LogP contribution >= 0.6 is 0 Å². The van der Waals surface area contributed by atoms with Crippen molar-refractivity contribution in [3.05, 3.63) is 24.3 Å². The molecule has 1 rings (SSSR count). The van der Waals surface area contributed by atoms with Crippen LogP contribution in [0.3, 0.4) is 0 Å². The maximum Gasteiger partial charge on any atom is 0.117 e. The van der Waals surface area contributed by atoms with Gasteiger partial charge >= 0.3 is 0 Å². The number of hydrogen-bond donors (Lipinski definition) is 1. The van der Waals surface area contributed by atoms with Gasteiger partial charge in [-0.15, -0.1) is 0 Å². The monoisotopic (exact) mass is 227 g/mol.